The van der Waals surface area contributed by atoms with Crippen LogP contribution >= 0.6 is 0 Å². The number of fused-ring (bicyclic) bond motifs is 1. The van der Waals surface area contributed by atoms with Gasteiger partial charge >= 0.3 is 0 Å². The fraction of sp³-hybridized carbons (Fsp3) is 0.947. The van der Waals surface area contributed by atoms with E-state index in [0.29, 0.717) is 29.8 Å². The molecule has 6 heteroatoms. The van der Waals surface area contributed by atoms with Crippen LogP contribution in [-0.2, 0) is 9.63 Å². The molecule has 6 atom stereocenters. The number of nitrogens with one attached hydrogen (secondary N) is 4. The van der Waals surface area contributed by atoms with E-state index in [2.05, 4.69) is 35.3 Å². The van der Waals surface area contributed by atoms with Gasteiger partial charge in [0, 0.05) is 25.2 Å². The maximum absolute atomic E-state index is 13.0. The third-order valence-electron chi connectivity index (χ3n) is 7.13. The number of hydroxylamine groups is 1. The highest BCUT2D eigenvalue weighted by atomic mass is 16.7. The SMILES string of the molecule is CC1CCCC2CC(C(=O)NC3(C4NCCCC4C)CNC3)ONC12. The van der Waals surface area contributed by atoms with Crippen molar-refractivity contribution in [1.82, 2.24) is 21.4 Å². The average molecular weight is 351 g/mol. The van der Waals surface area contributed by atoms with E-state index in [0.717, 1.165) is 26.1 Å². The first-order valence-corrected chi connectivity index (χ1v) is 10.3. The number of rotatable bonds is 3. The number of amides is 1. The Labute approximate surface area is 151 Å². The normalized spacial score (nSPS) is 43.6. The summed E-state index contributed by atoms with van der Waals surface area (Å²) in [6.07, 6.45) is 6.70. The molecule has 25 heavy (non-hydrogen) atoms. The minimum atomic E-state index is -0.358. The summed E-state index contributed by atoms with van der Waals surface area (Å²) in [6, 6.07) is 0.766. The number of carbonyl (C=O) groups is 1. The zero-order valence-corrected chi connectivity index (χ0v) is 15.6. The van der Waals surface area contributed by atoms with Gasteiger partial charge in [-0.15, -0.1) is 0 Å². The Morgan fingerprint density at radius 1 is 1.12 bits per heavy atom. The Bertz CT molecular complexity index is 496. The zero-order chi connectivity index (χ0) is 17.4. The minimum absolute atomic E-state index is 0.0604. The lowest BCUT2D eigenvalue weighted by molar-refractivity contribution is -0.161. The molecule has 4 N–H and O–H groups in total. The van der Waals surface area contributed by atoms with Gasteiger partial charge in [-0.1, -0.05) is 20.3 Å². The summed E-state index contributed by atoms with van der Waals surface area (Å²) in [4.78, 5) is 18.8. The van der Waals surface area contributed by atoms with Crippen LogP contribution in [0.25, 0.3) is 0 Å². The first-order chi connectivity index (χ1) is 12.1. The molecule has 3 heterocycles. The molecule has 0 aromatic carbocycles. The van der Waals surface area contributed by atoms with Crippen LogP contribution in [0.1, 0.15) is 52.4 Å². The van der Waals surface area contributed by atoms with Crippen LogP contribution in [0.5, 0.6) is 0 Å². The largest absolute Gasteiger partial charge is 0.344 e. The van der Waals surface area contributed by atoms with Gasteiger partial charge in [0.2, 0.25) is 0 Å². The highest BCUT2D eigenvalue weighted by molar-refractivity contribution is 5.82. The Morgan fingerprint density at radius 3 is 2.64 bits per heavy atom. The molecule has 0 radical (unpaired) electrons. The molecule has 6 nitrogen and oxygen atoms in total. The van der Waals surface area contributed by atoms with Crippen LogP contribution in [0, 0.1) is 17.8 Å². The van der Waals surface area contributed by atoms with Crippen molar-refractivity contribution < 1.29 is 9.63 Å². The maximum atomic E-state index is 13.0. The van der Waals surface area contributed by atoms with Crippen molar-refractivity contribution in [3.8, 4) is 0 Å². The fourth-order valence-electron chi connectivity index (χ4n) is 5.54. The molecule has 0 aromatic heterocycles. The monoisotopic (exact) mass is 350 g/mol. The molecule has 1 saturated carbocycles. The first-order valence-electron chi connectivity index (χ1n) is 10.3. The second kappa shape index (κ2) is 7.14. The van der Waals surface area contributed by atoms with Gasteiger partial charge in [0.15, 0.2) is 6.10 Å². The van der Waals surface area contributed by atoms with Crippen LogP contribution in [0.3, 0.4) is 0 Å². The lowest BCUT2D eigenvalue weighted by atomic mass is 9.73. The Morgan fingerprint density at radius 2 is 1.92 bits per heavy atom. The molecular formula is C19H34N4O2. The van der Waals surface area contributed by atoms with E-state index >= 15 is 0 Å². The van der Waals surface area contributed by atoms with Crippen molar-refractivity contribution in [2.45, 2.75) is 76.1 Å². The van der Waals surface area contributed by atoms with Crippen molar-refractivity contribution in [3.63, 3.8) is 0 Å². The summed E-state index contributed by atoms with van der Waals surface area (Å²) in [5.41, 5.74) is 3.06. The predicted molar refractivity (Wildman–Crippen MR) is 96.9 cm³/mol. The van der Waals surface area contributed by atoms with E-state index in [9.17, 15) is 4.79 Å². The van der Waals surface area contributed by atoms with Crippen LogP contribution < -0.4 is 21.4 Å². The molecular weight excluding hydrogens is 316 g/mol. The van der Waals surface area contributed by atoms with E-state index in [-0.39, 0.29) is 17.6 Å². The summed E-state index contributed by atoms with van der Waals surface area (Å²) in [6.45, 7) is 7.35. The third kappa shape index (κ3) is 3.34. The van der Waals surface area contributed by atoms with Crippen LogP contribution in [0.15, 0.2) is 0 Å². The average Bonchev–Trinajstić information content (AvgIpc) is 2.59. The minimum Gasteiger partial charge on any atom is -0.344 e. The molecule has 4 aliphatic rings. The summed E-state index contributed by atoms with van der Waals surface area (Å²) in [5, 5.41) is 10.4. The lowest BCUT2D eigenvalue weighted by Gasteiger charge is -2.53. The molecule has 3 saturated heterocycles. The van der Waals surface area contributed by atoms with Crippen LogP contribution in [-0.4, -0.2) is 49.3 Å². The second-order valence-electron chi connectivity index (χ2n) is 8.95. The highest BCUT2D eigenvalue weighted by Gasteiger charge is 2.49. The van der Waals surface area contributed by atoms with Gasteiger partial charge in [-0.05, 0) is 56.4 Å². The van der Waals surface area contributed by atoms with Crippen molar-refractivity contribution in [2.75, 3.05) is 19.6 Å². The molecule has 1 aliphatic carbocycles. The van der Waals surface area contributed by atoms with Crippen molar-refractivity contribution in [3.05, 3.63) is 0 Å². The Balaban J connectivity index is 1.39. The molecule has 4 fully saturated rings. The van der Waals surface area contributed by atoms with Gasteiger partial charge in [-0.25, -0.2) is 0 Å². The summed E-state index contributed by atoms with van der Waals surface area (Å²) in [5.74, 6) is 1.85. The summed E-state index contributed by atoms with van der Waals surface area (Å²) >= 11 is 0. The standard InChI is InChI=1S/C19H34N4O2/c1-12-5-3-7-14-9-15(25-23-16(12)14)18(24)22-19(10-20-11-19)17-13(2)6-4-8-21-17/h12-17,20-21,23H,3-11H2,1-2H3,(H,22,24). The first kappa shape index (κ1) is 17.7. The number of carbonyl (C=O) groups excluding carboxylic acids is 1. The summed E-state index contributed by atoms with van der Waals surface area (Å²) < 4.78 is 0. The number of piperidine rings is 1. The molecule has 6 unspecified atom stereocenters. The third-order valence-corrected chi connectivity index (χ3v) is 7.13. The van der Waals surface area contributed by atoms with Crippen molar-refractivity contribution in [2.24, 2.45) is 17.8 Å². The quantitative estimate of drug-likeness (QED) is 0.609. The Hall–Kier alpha value is -0.690. The highest BCUT2D eigenvalue weighted by Crippen LogP contribution is 2.35. The predicted octanol–water partition coefficient (Wildman–Crippen LogP) is 0.931. The van der Waals surface area contributed by atoms with Crippen molar-refractivity contribution >= 4 is 5.91 Å². The van der Waals surface area contributed by atoms with Gasteiger partial charge in [0.25, 0.3) is 5.91 Å². The van der Waals surface area contributed by atoms with E-state index in [4.69, 9.17) is 4.84 Å². The molecule has 0 aromatic rings. The topological polar surface area (TPSA) is 74.4 Å². The molecule has 142 valence electrons. The molecule has 4 rings (SSSR count). The van der Waals surface area contributed by atoms with Gasteiger partial charge in [0.05, 0.1) is 5.54 Å². The zero-order valence-electron chi connectivity index (χ0n) is 15.6. The van der Waals surface area contributed by atoms with Gasteiger partial charge in [0.1, 0.15) is 0 Å². The van der Waals surface area contributed by atoms with E-state index < -0.39 is 0 Å². The number of hydrogen-bond acceptors (Lipinski definition) is 5. The summed E-state index contributed by atoms with van der Waals surface area (Å²) in [7, 11) is 0. The van der Waals surface area contributed by atoms with Crippen LogP contribution in [0.2, 0.25) is 0 Å². The Kier molecular flexibility index (Phi) is 5.06. The van der Waals surface area contributed by atoms with Gasteiger partial charge < -0.3 is 16.0 Å². The fourth-order valence-corrected chi connectivity index (χ4v) is 5.54. The molecule has 0 spiro atoms. The van der Waals surface area contributed by atoms with Crippen molar-refractivity contribution in [1.29, 1.82) is 0 Å². The number of hydrogen-bond donors (Lipinski definition) is 4. The molecule has 0 bridgehead atoms. The van der Waals surface area contributed by atoms with Gasteiger partial charge in [-0.2, -0.15) is 5.48 Å². The van der Waals surface area contributed by atoms with E-state index in [1.165, 1.54) is 32.1 Å². The smallest absolute Gasteiger partial charge is 0.251 e. The molecule has 3 aliphatic heterocycles. The maximum Gasteiger partial charge on any atom is 0.251 e. The second-order valence-corrected chi connectivity index (χ2v) is 8.95. The van der Waals surface area contributed by atoms with Crippen LogP contribution in [0.4, 0.5) is 0 Å². The molecule has 1 amide bonds. The van der Waals surface area contributed by atoms with E-state index in [1.807, 2.05) is 0 Å². The lowest BCUT2D eigenvalue weighted by Crippen LogP contribution is -2.79. The van der Waals surface area contributed by atoms with Gasteiger partial charge in [-0.3, -0.25) is 9.63 Å². The van der Waals surface area contributed by atoms with E-state index in [1.54, 1.807) is 0 Å².